The summed E-state index contributed by atoms with van der Waals surface area (Å²) in [5, 5.41) is 10.6. The summed E-state index contributed by atoms with van der Waals surface area (Å²) in [7, 11) is -10.0. The van der Waals surface area contributed by atoms with Gasteiger partial charge in [-0.25, -0.2) is 9.13 Å². The predicted molar refractivity (Wildman–Crippen MR) is 435 cm³/mol. The molecule has 0 heterocycles. The van der Waals surface area contributed by atoms with E-state index in [-0.39, 0.29) is 25.7 Å². The molecule has 0 bridgehead atoms. The van der Waals surface area contributed by atoms with Crippen LogP contribution >= 0.6 is 15.6 Å². The minimum atomic E-state index is -5.03. The summed E-state index contributed by atoms with van der Waals surface area (Å²) >= 11 is 0. The van der Waals surface area contributed by atoms with E-state index in [1.165, 1.54) is 19.3 Å². The van der Waals surface area contributed by atoms with E-state index in [2.05, 4.69) is 198 Å². The lowest BCUT2D eigenvalue weighted by Gasteiger charge is -2.21. The van der Waals surface area contributed by atoms with Gasteiger partial charge in [-0.05, 0) is 167 Å². The van der Waals surface area contributed by atoms with E-state index in [1.807, 2.05) is 24.3 Å². The Kier molecular flexibility index (Phi) is 72.2. The molecule has 0 amide bonds. The lowest BCUT2D eigenvalue weighted by molar-refractivity contribution is -0.161. The zero-order chi connectivity index (χ0) is 77.4. The Labute approximate surface area is 639 Å². The van der Waals surface area contributed by atoms with E-state index in [0.29, 0.717) is 38.5 Å². The van der Waals surface area contributed by atoms with Gasteiger partial charge < -0.3 is 33.8 Å². The van der Waals surface area contributed by atoms with Gasteiger partial charge in [-0.3, -0.25) is 37.3 Å². The number of hydrogen-bond acceptors (Lipinski definition) is 15. The molecule has 5 unspecified atom stereocenters. The Hall–Kier alpha value is -6.36. The Bertz CT molecular complexity index is 2830. The van der Waals surface area contributed by atoms with Crippen LogP contribution in [0.15, 0.2) is 207 Å². The number of carbonyl (C=O) groups is 4. The second-order valence-corrected chi connectivity index (χ2v) is 28.1. The lowest BCUT2D eigenvalue weighted by Crippen LogP contribution is -2.30. The molecular formula is C87H136O17P2. The van der Waals surface area contributed by atoms with Gasteiger partial charge in [-0.1, -0.05) is 273 Å². The first-order valence-corrected chi connectivity index (χ1v) is 42.3. The van der Waals surface area contributed by atoms with Crippen LogP contribution in [0, 0.1) is 0 Å². The Morgan fingerprint density at radius 1 is 0.283 bits per heavy atom. The second-order valence-electron chi connectivity index (χ2n) is 25.2. The number of aliphatic hydroxyl groups excluding tert-OH is 1. The Morgan fingerprint density at radius 3 is 0.896 bits per heavy atom. The molecule has 0 aliphatic heterocycles. The predicted octanol–water partition coefficient (Wildman–Crippen LogP) is 23.1. The van der Waals surface area contributed by atoms with Crippen LogP contribution in [0.4, 0.5) is 0 Å². The van der Waals surface area contributed by atoms with Crippen LogP contribution in [0.1, 0.15) is 259 Å². The van der Waals surface area contributed by atoms with Crippen molar-refractivity contribution in [3.05, 3.63) is 207 Å². The van der Waals surface area contributed by atoms with Crippen LogP contribution in [-0.4, -0.2) is 96.7 Å². The third kappa shape index (κ3) is 75.9. The van der Waals surface area contributed by atoms with Crippen LogP contribution in [0.3, 0.4) is 0 Å². The van der Waals surface area contributed by atoms with E-state index in [0.717, 1.165) is 148 Å². The smallest absolute Gasteiger partial charge is 0.462 e. The number of ether oxygens (including phenoxy) is 4. The molecule has 0 saturated carbocycles. The Morgan fingerprint density at radius 2 is 0.538 bits per heavy atom. The van der Waals surface area contributed by atoms with E-state index in [9.17, 15) is 43.2 Å². The van der Waals surface area contributed by atoms with Gasteiger partial charge in [-0.15, -0.1) is 0 Å². The first-order chi connectivity index (χ1) is 51.7. The molecule has 19 heteroatoms. The van der Waals surface area contributed by atoms with Gasteiger partial charge in [0.15, 0.2) is 12.2 Å². The maximum absolute atomic E-state index is 13.1. The molecule has 17 nitrogen and oxygen atoms in total. The fourth-order valence-electron chi connectivity index (χ4n) is 9.39. The first kappa shape index (κ1) is 99.6. The molecule has 0 fully saturated rings. The molecule has 0 aliphatic rings. The fourth-order valence-corrected chi connectivity index (χ4v) is 11.0. The highest BCUT2D eigenvalue weighted by Gasteiger charge is 2.30. The van der Waals surface area contributed by atoms with Crippen molar-refractivity contribution in [3.8, 4) is 0 Å². The monoisotopic (exact) mass is 1510 g/mol. The molecule has 0 aromatic heterocycles. The molecule has 0 aromatic carbocycles. The van der Waals surface area contributed by atoms with Gasteiger partial charge in [0.05, 0.1) is 32.8 Å². The zero-order valence-corrected chi connectivity index (χ0v) is 66.8. The number of unbranched alkanes of at least 4 members (excludes halogenated alkanes) is 12. The maximum Gasteiger partial charge on any atom is 0.472 e. The van der Waals surface area contributed by atoms with Crippen LogP contribution in [-0.2, 0) is 65.4 Å². The van der Waals surface area contributed by atoms with E-state index < -0.39 is 97.5 Å². The van der Waals surface area contributed by atoms with Crippen LogP contribution in [0.25, 0.3) is 0 Å². The third-order valence-electron chi connectivity index (χ3n) is 15.3. The van der Waals surface area contributed by atoms with Crippen LogP contribution in [0.5, 0.6) is 0 Å². The minimum absolute atomic E-state index is 0.0272. The highest BCUT2D eigenvalue weighted by molar-refractivity contribution is 7.47. The van der Waals surface area contributed by atoms with Crippen LogP contribution < -0.4 is 0 Å². The lowest BCUT2D eigenvalue weighted by atomic mass is 10.1. The molecule has 106 heavy (non-hydrogen) atoms. The highest BCUT2D eigenvalue weighted by atomic mass is 31.2. The minimum Gasteiger partial charge on any atom is -0.462 e. The summed E-state index contributed by atoms with van der Waals surface area (Å²) in [4.78, 5) is 72.9. The molecule has 0 aromatic rings. The van der Waals surface area contributed by atoms with Crippen molar-refractivity contribution >= 4 is 39.5 Å². The zero-order valence-electron chi connectivity index (χ0n) is 65.0. The van der Waals surface area contributed by atoms with E-state index >= 15 is 0 Å². The number of aliphatic hydroxyl groups is 1. The standard InChI is InChI=1S/C87H136O17P2/c1-5-9-13-17-21-25-29-33-37-39-40-42-46-48-52-56-60-64-68-72-85(90)98-78-83(104-87(92)74-70-66-62-58-54-50-44-36-32-28-24-20-16-12-8-4)80-102-106(95,96)100-76-81(88)75-99-105(93,94)101-79-82(103-86(91)73-69-65-61-57-53-49-43-35-31-27-23-19-15-11-7-3)77-97-84(89)71-67-63-59-55-51-47-45-41-38-34-30-26-22-18-14-10-6-2/h10-12,14-16,21-28,33-38,40,42-45,47,53-55,57-59,65,69,81-83,88H,5-9,13,17-20,29-32,39,41,46,48-52,56,60-64,66-68,70-80H2,1-4H3,(H,93,94)(H,95,96)/b14-10-,15-11-,16-12-,25-21-,26-22-,27-23-,28-24-,37-33-,38-34-,42-40-,43-35-,44-36-,47-45-,57-53-,58-54-,59-55-,69-65-. The number of rotatable bonds is 71. The molecule has 0 aliphatic carbocycles. The first-order valence-electron chi connectivity index (χ1n) is 39.3. The van der Waals surface area contributed by atoms with Crippen molar-refractivity contribution in [2.75, 3.05) is 39.6 Å². The molecule has 0 radical (unpaired) electrons. The van der Waals surface area contributed by atoms with E-state index in [4.69, 9.17) is 37.0 Å². The van der Waals surface area contributed by atoms with Gasteiger partial charge in [0.2, 0.25) is 0 Å². The number of phosphoric acid groups is 2. The van der Waals surface area contributed by atoms with Crippen molar-refractivity contribution in [1.29, 1.82) is 0 Å². The topological polar surface area (TPSA) is 237 Å². The van der Waals surface area contributed by atoms with Crippen molar-refractivity contribution in [2.24, 2.45) is 0 Å². The molecule has 0 rings (SSSR count). The number of hydrogen-bond donors (Lipinski definition) is 3. The number of phosphoric ester groups is 2. The molecule has 5 atom stereocenters. The van der Waals surface area contributed by atoms with Gasteiger partial charge in [0.1, 0.15) is 19.3 Å². The number of esters is 4. The third-order valence-corrected chi connectivity index (χ3v) is 17.2. The quantitative estimate of drug-likeness (QED) is 0.0169. The number of carbonyl (C=O) groups excluding carboxylic acids is 4. The molecule has 0 saturated heterocycles. The largest absolute Gasteiger partial charge is 0.472 e. The molecule has 0 spiro atoms. The summed E-state index contributed by atoms with van der Waals surface area (Å²) in [5.41, 5.74) is 0. The summed E-state index contributed by atoms with van der Waals surface area (Å²) < 4.78 is 68.3. The summed E-state index contributed by atoms with van der Waals surface area (Å²) in [6.07, 6.45) is 95.7. The van der Waals surface area contributed by atoms with Gasteiger partial charge in [-0.2, -0.15) is 0 Å². The van der Waals surface area contributed by atoms with Gasteiger partial charge in [0.25, 0.3) is 0 Å². The molecular weight excluding hydrogens is 1380 g/mol. The summed E-state index contributed by atoms with van der Waals surface area (Å²) in [6, 6.07) is 0. The molecule has 596 valence electrons. The van der Waals surface area contributed by atoms with Crippen LogP contribution in [0.2, 0.25) is 0 Å². The fraction of sp³-hybridized carbons (Fsp3) is 0.563. The van der Waals surface area contributed by atoms with E-state index in [1.54, 1.807) is 12.2 Å². The summed E-state index contributed by atoms with van der Waals surface area (Å²) in [6.45, 7) is 4.21. The number of allylic oxidation sites excluding steroid dienone is 33. The van der Waals surface area contributed by atoms with Gasteiger partial charge >= 0.3 is 39.5 Å². The highest BCUT2D eigenvalue weighted by Crippen LogP contribution is 2.45. The maximum atomic E-state index is 13.1. The Balaban J connectivity index is 5.54. The SMILES string of the molecule is CC/C=C\C/C=C\C/C=C\C/C=C\C/C=C\CCCC(=O)OCC(COP(=O)(O)OCC(O)COP(=O)(O)OCC(COC(=O)CCCCCCCC/C=C\C/C=C\C/C=C\CCCCC)OC(=O)CCCC/C=C\C/C=C\C/C=C\C/C=C\CC)OC(=O)C/C=C\C/C=C\C/C=C\C/C=C\C/C=C\CC. The average molecular weight is 1520 g/mol. The second kappa shape index (κ2) is 76.8. The van der Waals surface area contributed by atoms with Crippen molar-refractivity contribution in [2.45, 2.75) is 277 Å². The molecule has 3 N–H and O–H groups in total. The average Bonchev–Trinajstić information content (AvgIpc) is 0.928. The normalized spacial score (nSPS) is 15.0. The summed E-state index contributed by atoms with van der Waals surface area (Å²) in [5.74, 6) is -2.48. The van der Waals surface area contributed by atoms with Crippen molar-refractivity contribution < 1.29 is 80.2 Å². The van der Waals surface area contributed by atoms with Gasteiger partial charge in [0, 0.05) is 19.3 Å². The van der Waals surface area contributed by atoms with Crippen molar-refractivity contribution in [1.82, 2.24) is 0 Å². The van der Waals surface area contributed by atoms with Crippen molar-refractivity contribution in [3.63, 3.8) is 0 Å².